The zero-order valence-electron chi connectivity index (χ0n) is 11.5. The molecule has 4 heteroatoms. The summed E-state index contributed by atoms with van der Waals surface area (Å²) in [6.45, 7) is 2.05. The zero-order chi connectivity index (χ0) is 14.0. The first kappa shape index (κ1) is 13.6. The van der Waals surface area contributed by atoms with Gasteiger partial charge in [0.05, 0.1) is 17.3 Å². The highest BCUT2D eigenvalue weighted by Gasteiger charge is 2.36. The third kappa shape index (κ3) is 2.37. The Balaban J connectivity index is 2.58. The average molecular weight is 271 g/mol. The van der Waals surface area contributed by atoms with Crippen LogP contribution in [0.25, 0.3) is 0 Å². The van der Waals surface area contributed by atoms with Gasteiger partial charge in [-0.05, 0) is 26.2 Å². The molecule has 0 unspecified atom stereocenters. The van der Waals surface area contributed by atoms with Gasteiger partial charge < -0.3 is 4.90 Å². The van der Waals surface area contributed by atoms with Gasteiger partial charge in [0.2, 0.25) is 0 Å². The summed E-state index contributed by atoms with van der Waals surface area (Å²) in [5.74, 6) is 2.88. The molecule has 0 amide bonds. The molecule has 0 aromatic carbocycles. The second-order valence-corrected chi connectivity index (χ2v) is 6.31. The molecule has 1 aromatic rings. The highest BCUT2D eigenvalue weighted by atomic mass is 32.1. The SMILES string of the molecule is C#C[C@@]1(C)CCCc2sc(N=CN(C)C)c(C#N)c21. The molecule has 0 spiro atoms. The molecule has 0 fully saturated rings. The van der Waals surface area contributed by atoms with Crippen LogP contribution in [0.5, 0.6) is 0 Å². The van der Waals surface area contributed by atoms with Crippen LogP contribution in [0.4, 0.5) is 5.00 Å². The Morgan fingerprint density at radius 1 is 1.53 bits per heavy atom. The summed E-state index contributed by atoms with van der Waals surface area (Å²) >= 11 is 1.60. The van der Waals surface area contributed by atoms with Gasteiger partial charge in [-0.25, -0.2) is 4.99 Å². The second kappa shape index (κ2) is 5.07. The molecule has 0 N–H and O–H groups in total. The third-order valence-electron chi connectivity index (χ3n) is 3.43. The van der Waals surface area contributed by atoms with Crippen molar-refractivity contribution in [3.8, 4) is 18.4 Å². The normalized spacial score (nSPS) is 21.7. The van der Waals surface area contributed by atoms with Gasteiger partial charge in [-0.3, -0.25) is 0 Å². The van der Waals surface area contributed by atoms with Crippen LogP contribution in [0.3, 0.4) is 0 Å². The number of rotatable bonds is 2. The van der Waals surface area contributed by atoms with Crippen molar-refractivity contribution in [2.75, 3.05) is 14.1 Å². The highest BCUT2D eigenvalue weighted by molar-refractivity contribution is 7.16. The van der Waals surface area contributed by atoms with Crippen LogP contribution in [0.2, 0.25) is 0 Å². The van der Waals surface area contributed by atoms with E-state index in [1.165, 1.54) is 4.88 Å². The summed E-state index contributed by atoms with van der Waals surface area (Å²) in [7, 11) is 3.82. The zero-order valence-corrected chi connectivity index (χ0v) is 12.3. The molecule has 0 aliphatic heterocycles. The molecule has 1 heterocycles. The van der Waals surface area contributed by atoms with E-state index in [-0.39, 0.29) is 5.41 Å². The molecule has 98 valence electrons. The molecule has 0 saturated heterocycles. The van der Waals surface area contributed by atoms with Gasteiger partial charge in [-0.2, -0.15) is 5.26 Å². The van der Waals surface area contributed by atoms with E-state index in [4.69, 9.17) is 6.42 Å². The van der Waals surface area contributed by atoms with Gasteiger partial charge in [-0.15, -0.1) is 17.8 Å². The lowest BCUT2D eigenvalue weighted by atomic mass is 9.73. The number of hydrogen-bond donors (Lipinski definition) is 0. The predicted molar refractivity (Wildman–Crippen MR) is 80.0 cm³/mol. The maximum Gasteiger partial charge on any atom is 0.136 e. The van der Waals surface area contributed by atoms with E-state index in [0.29, 0.717) is 5.56 Å². The maximum atomic E-state index is 9.46. The van der Waals surface area contributed by atoms with Gasteiger partial charge >= 0.3 is 0 Å². The summed E-state index contributed by atoms with van der Waals surface area (Å²) in [5.41, 5.74) is 1.39. The van der Waals surface area contributed by atoms with Gasteiger partial charge in [0.25, 0.3) is 0 Å². The lowest BCUT2D eigenvalue weighted by Crippen LogP contribution is -2.25. The topological polar surface area (TPSA) is 39.4 Å². The van der Waals surface area contributed by atoms with Crippen LogP contribution in [0, 0.1) is 23.7 Å². The summed E-state index contributed by atoms with van der Waals surface area (Å²) in [5, 5.41) is 10.2. The monoisotopic (exact) mass is 271 g/mol. The minimum atomic E-state index is -0.318. The molecule has 3 nitrogen and oxygen atoms in total. The number of nitriles is 1. The van der Waals surface area contributed by atoms with Gasteiger partial charge in [0.1, 0.15) is 11.1 Å². The molecule has 1 aliphatic carbocycles. The van der Waals surface area contributed by atoms with Crippen LogP contribution in [0.15, 0.2) is 4.99 Å². The number of thiophene rings is 1. The van der Waals surface area contributed by atoms with E-state index in [1.54, 1.807) is 17.7 Å². The Labute approximate surface area is 118 Å². The Bertz CT molecular complexity index is 598. The Kier molecular flexibility index (Phi) is 3.64. The van der Waals surface area contributed by atoms with Gasteiger partial charge in [0.15, 0.2) is 0 Å². The molecular formula is C15H17N3S. The molecule has 0 bridgehead atoms. The Hall–Kier alpha value is -1.78. The molecule has 0 saturated carbocycles. The molecule has 1 aliphatic rings. The van der Waals surface area contributed by atoms with Crippen molar-refractivity contribution in [3.05, 3.63) is 16.0 Å². The van der Waals surface area contributed by atoms with Crippen molar-refractivity contribution in [1.29, 1.82) is 5.26 Å². The first-order valence-electron chi connectivity index (χ1n) is 6.26. The van der Waals surface area contributed by atoms with Crippen molar-refractivity contribution < 1.29 is 0 Å². The predicted octanol–water partition coefficient (Wildman–Crippen LogP) is 3.07. The summed E-state index contributed by atoms with van der Waals surface area (Å²) in [6, 6.07) is 2.30. The first-order chi connectivity index (χ1) is 9.01. The number of aliphatic imine (C=N–C) groups is 1. The number of hydrogen-bond acceptors (Lipinski definition) is 3. The highest BCUT2D eigenvalue weighted by Crippen LogP contribution is 2.47. The largest absolute Gasteiger partial charge is 0.369 e. The second-order valence-electron chi connectivity index (χ2n) is 5.23. The first-order valence-corrected chi connectivity index (χ1v) is 7.08. The van der Waals surface area contributed by atoms with Crippen molar-refractivity contribution in [2.24, 2.45) is 4.99 Å². The molecule has 19 heavy (non-hydrogen) atoms. The number of nitrogens with zero attached hydrogens (tertiary/aromatic N) is 3. The van der Waals surface area contributed by atoms with E-state index in [0.717, 1.165) is 29.8 Å². The van der Waals surface area contributed by atoms with Crippen LogP contribution >= 0.6 is 11.3 Å². The van der Waals surface area contributed by atoms with Crippen molar-refractivity contribution in [1.82, 2.24) is 4.90 Å². The Morgan fingerprint density at radius 3 is 2.84 bits per heavy atom. The number of aryl methyl sites for hydroxylation is 1. The van der Waals surface area contributed by atoms with Crippen LogP contribution < -0.4 is 0 Å². The maximum absolute atomic E-state index is 9.46. The smallest absolute Gasteiger partial charge is 0.136 e. The fraction of sp³-hybridized carbons (Fsp3) is 0.467. The van der Waals surface area contributed by atoms with Crippen LogP contribution in [-0.4, -0.2) is 25.3 Å². The van der Waals surface area contributed by atoms with E-state index in [1.807, 2.05) is 19.0 Å². The molecule has 1 aromatic heterocycles. The molecule has 2 rings (SSSR count). The van der Waals surface area contributed by atoms with Crippen LogP contribution in [-0.2, 0) is 11.8 Å². The van der Waals surface area contributed by atoms with Gasteiger partial charge in [0, 0.05) is 24.5 Å². The minimum absolute atomic E-state index is 0.318. The molecule has 1 atom stereocenters. The van der Waals surface area contributed by atoms with E-state index >= 15 is 0 Å². The quantitative estimate of drug-likeness (QED) is 0.471. The summed E-state index contributed by atoms with van der Waals surface area (Å²) < 4.78 is 0. The standard InChI is InChI=1S/C15H17N3S/c1-5-15(2)8-6-7-12-13(15)11(9-16)14(19-12)17-10-18(3)4/h1,10H,6-8H2,2-4H3/t15-/m0/s1. The van der Waals surface area contributed by atoms with Crippen molar-refractivity contribution in [3.63, 3.8) is 0 Å². The van der Waals surface area contributed by atoms with Crippen molar-refractivity contribution >= 4 is 22.7 Å². The van der Waals surface area contributed by atoms with Crippen LogP contribution in [0.1, 0.15) is 35.8 Å². The molecular weight excluding hydrogens is 254 g/mol. The van der Waals surface area contributed by atoms with Crippen molar-refractivity contribution in [2.45, 2.75) is 31.6 Å². The van der Waals surface area contributed by atoms with E-state index < -0.39 is 0 Å². The lowest BCUT2D eigenvalue weighted by molar-refractivity contribution is 0.502. The summed E-state index contributed by atoms with van der Waals surface area (Å²) in [6.07, 6.45) is 10.5. The minimum Gasteiger partial charge on any atom is -0.369 e. The number of terminal acetylenes is 1. The fourth-order valence-corrected chi connectivity index (χ4v) is 3.72. The van der Waals surface area contributed by atoms with E-state index in [2.05, 4.69) is 23.9 Å². The molecule has 0 radical (unpaired) electrons. The van der Waals surface area contributed by atoms with Gasteiger partial charge in [-0.1, -0.05) is 5.92 Å². The average Bonchev–Trinajstić information content (AvgIpc) is 2.75. The van der Waals surface area contributed by atoms with E-state index in [9.17, 15) is 5.26 Å². The Morgan fingerprint density at radius 2 is 2.26 bits per heavy atom. The summed E-state index contributed by atoms with van der Waals surface area (Å²) in [4.78, 5) is 7.50. The number of fused-ring (bicyclic) bond motifs is 1. The third-order valence-corrected chi connectivity index (χ3v) is 4.59. The lowest BCUT2D eigenvalue weighted by Gasteiger charge is -2.29. The fourth-order valence-electron chi connectivity index (χ4n) is 2.46.